The molecule has 1 aliphatic heterocycles. The number of aliphatic imine (C=N–C) groups is 1. The number of carbonyl (C=O) groups is 1. The van der Waals surface area contributed by atoms with Gasteiger partial charge in [-0.2, -0.15) is 0 Å². The normalized spacial score (nSPS) is 12.3. The van der Waals surface area contributed by atoms with Gasteiger partial charge in [0.25, 0.3) is 0 Å². The maximum atomic E-state index is 14.7. The summed E-state index contributed by atoms with van der Waals surface area (Å²) in [6.07, 6.45) is 1.58. The van der Waals surface area contributed by atoms with Crippen molar-refractivity contribution < 1.29 is 18.7 Å². The molecule has 2 N–H and O–H groups in total. The van der Waals surface area contributed by atoms with Crippen molar-refractivity contribution in [3.8, 4) is 11.3 Å². The van der Waals surface area contributed by atoms with E-state index in [9.17, 15) is 18.7 Å². The van der Waals surface area contributed by atoms with E-state index < -0.39 is 17.6 Å². The molecular weight excluding hydrogens is 462 g/mol. The standard InChI is InChI=1S/C25H15ClF2N4O2/c26-15-7-8-17-18(10-15)23(21-19(27)5-2-6-20(21)28)29-11-14-12-30-25(32-22(14)17)31-16-4-1-3-13(9-16)24(33)34/h1-10,12H,11H2,(H,33,34)(H,30,31,32). The molecule has 1 aromatic heterocycles. The third kappa shape index (κ3) is 3.99. The van der Waals surface area contributed by atoms with Crippen molar-refractivity contribution in [2.45, 2.75) is 6.54 Å². The third-order valence-corrected chi connectivity index (χ3v) is 5.56. The molecule has 3 aromatic carbocycles. The van der Waals surface area contributed by atoms with Crippen LogP contribution in [0, 0.1) is 11.6 Å². The fraction of sp³-hybridized carbons (Fsp3) is 0.0400. The number of aromatic nitrogens is 2. The van der Waals surface area contributed by atoms with Crippen molar-refractivity contribution in [1.82, 2.24) is 9.97 Å². The second kappa shape index (κ2) is 8.64. The molecule has 1 aliphatic rings. The van der Waals surface area contributed by atoms with Crippen LogP contribution in [0.25, 0.3) is 11.3 Å². The van der Waals surface area contributed by atoms with Crippen LogP contribution in [-0.2, 0) is 6.54 Å². The first-order chi connectivity index (χ1) is 16.4. The smallest absolute Gasteiger partial charge is 0.335 e. The summed E-state index contributed by atoms with van der Waals surface area (Å²) in [6, 6.07) is 14.9. The van der Waals surface area contributed by atoms with E-state index in [1.165, 1.54) is 30.3 Å². The van der Waals surface area contributed by atoms with Crippen LogP contribution < -0.4 is 5.32 Å². The van der Waals surface area contributed by atoms with E-state index in [1.807, 2.05) is 0 Å². The molecule has 2 heterocycles. The van der Waals surface area contributed by atoms with E-state index in [0.29, 0.717) is 33.1 Å². The molecule has 0 amide bonds. The van der Waals surface area contributed by atoms with Crippen LogP contribution in [0.1, 0.15) is 27.0 Å². The molecule has 0 unspecified atom stereocenters. The van der Waals surface area contributed by atoms with Crippen LogP contribution >= 0.6 is 11.6 Å². The minimum Gasteiger partial charge on any atom is -0.478 e. The quantitative estimate of drug-likeness (QED) is 0.385. The monoisotopic (exact) mass is 476 g/mol. The Balaban J connectivity index is 1.62. The number of nitrogens with one attached hydrogen (secondary N) is 1. The summed E-state index contributed by atoms with van der Waals surface area (Å²) in [5.41, 5.74) is 2.70. The van der Waals surface area contributed by atoms with Crippen LogP contribution in [0.5, 0.6) is 0 Å². The lowest BCUT2D eigenvalue weighted by atomic mass is 9.95. The molecular formula is C25H15ClF2N4O2. The summed E-state index contributed by atoms with van der Waals surface area (Å²) in [5.74, 6) is -2.30. The minimum absolute atomic E-state index is 0.0967. The Bertz CT molecular complexity index is 1470. The summed E-state index contributed by atoms with van der Waals surface area (Å²) in [5, 5.41) is 12.6. The average molecular weight is 477 g/mol. The van der Waals surface area contributed by atoms with Gasteiger partial charge in [0.1, 0.15) is 11.6 Å². The van der Waals surface area contributed by atoms with Gasteiger partial charge in [-0.3, -0.25) is 4.99 Å². The van der Waals surface area contributed by atoms with Gasteiger partial charge in [0.15, 0.2) is 0 Å². The lowest BCUT2D eigenvalue weighted by molar-refractivity contribution is 0.0697. The van der Waals surface area contributed by atoms with Gasteiger partial charge in [-0.15, -0.1) is 0 Å². The number of anilines is 2. The van der Waals surface area contributed by atoms with E-state index in [1.54, 1.807) is 36.5 Å². The first-order valence-corrected chi connectivity index (χ1v) is 10.5. The largest absolute Gasteiger partial charge is 0.478 e. The fourth-order valence-electron chi connectivity index (χ4n) is 3.78. The summed E-state index contributed by atoms with van der Waals surface area (Å²) >= 11 is 6.23. The summed E-state index contributed by atoms with van der Waals surface area (Å²) in [4.78, 5) is 24.7. The molecule has 9 heteroatoms. The van der Waals surface area contributed by atoms with Crippen LogP contribution in [0.3, 0.4) is 0 Å². The number of carboxylic acids is 1. The van der Waals surface area contributed by atoms with Gasteiger partial charge in [0, 0.05) is 33.6 Å². The fourth-order valence-corrected chi connectivity index (χ4v) is 3.95. The van der Waals surface area contributed by atoms with E-state index in [0.717, 1.165) is 0 Å². The minimum atomic E-state index is -1.05. The number of halogens is 3. The molecule has 5 rings (SSSR count). The van der Waals surface area contributed by atoms with Gasteiger partial charge >= 0.3 is 5.97 Å². The predicted octanol–water partition coefficient (Wildman–Crippen LogP) is 5.87. The summed E-state index contributed by atoms with van der Waals surface area (Å²) in [6.45, 7) is 0.0967. The SMILES string of the molecule is O=C(O)c1cccc(Nc2ncc3c(n2)-c2ccc(Cl)cc2C(c2c(F)cccc2F)=NC3)c1. The number of carboxylic acid groups (broad SMARTS) is 1. The Morgan fingerprint density at radius 2 is 1.76 bits per heavy atom. The first kappa shape index (κ1) is 21.7. The summed E-state index contributed by atoms with van der Waals surface area (Å²) < 4.78 is 29.3. The van der Waals surface area contributed by atoms with E-state index >= 15 is 0 Å². The van der Waals surface area contributed by atoms with Gasteiger partial charge in [-0.1, -0.05) is 29.8 Å². The Morgan fingerprint density at radius 1 is 1.00 bits per heavy atom. The van der Waals surface area contributed by atoms with Crippen molar-refractivity contribution in [3.05, 3.63) is 106 Å². The molecule has 0 radical (unpaired) electrons. The molecule has 0 saturated carbocycles. The first-order valence-electron chi connectivity index (χ1n) is 10.2. The maximum Gasteiger partial charge on any atom is 0.335 e. The highest BCUT2D eigenvalue weighted by atomic mass is 35.5. The Hall–Kier alpha value is -4.17. The predicted molar refractivity (Wildman–Crippen MR) is 125 cm³/mol. The molecule has 4 aromatic rings. The van der Waals surface area contributed by atoms with E-state index in [-0.39, 0.29) is 29.3 Å². The zero-order valence-corrected chi connectivity index (χ0v) is 18.1. The number of benzene rings is 3. The Morgan fingerprint density at radius 3 is 2.53 bits per heavy atom. The van der Waals surface area contributed by atoms with E-state index in [4.69, 9.17) is 11.6 Å². The van der Waals surface area contributed by atoms with Gasteiger partial charge in [0.2, 0.25) is 5.95 Å². The number of hydrogen-bond acceptors (Lipinski definition) is 5. The number of hydrogen-bond donors (Lipinski definition) is 2. The lowest BCUT2D eigenvalue weighted by Gasteiger charge is -2.13. The topological polar surface area (TPSA) is 87.5 Å². The van der Waals surface area contributed by atoms with Crippen molar-refractivity contribution in [1.29, 1.82) is 0 Å². The Labute approximate surface area is 197 Å². The second-order valence-corrected chi connectivity index (χ2v) is 7.97. The van der Waals surface area contributed by atoms with Gasteiger partial charge < -0.3 is 10.4 Å². The van der Waals surface area contributed by atoms with E-state index in [2.05, 4.69) is 20.3 Å². The highest BCUT2D eigenvalue weighted by Crippen LogP contribution is 2.34. The number of nitrogens with zero attached hydrogens (tertiary/aromatic N) is 3. The average Bonchev–Trinajstić information content (AvgIpc) is 2.96. The van der Waals surface area contributed by atoms with Gasteiger partial charge in [-0.25, -0.2) is 23.5 Å². The lowest BCUT2D eigenvalue weighted by Crippen LogP contribution is -2.10. The van der Waals surface area contributed by atoms with Crippen molar-refractivity contribution >= 4 is 34.9 Å². The zero-order chi connectivity index (χ0) is 23.8. The molecule has 6 nitrogen and oxygen atoms in total. The number of aromatic carboxylic acids is 1. The van der Waals surface area contributed by atoms with Crippen LogP contribution in [0.15, 0.2) is 71.9 Å². The molecule has 0 atom stereocenters. The molecule has 0 saturated heterocycles. The highest BCUT2D eigenvalue weighted by molar-refractivity contribution is 6.31. The van der Waals surface area contributed by atoms with Crippen molar-refractivity contribution in [2.24, 2.45) is 4.99 Å². The molecule has 0 spiro atoms. The van der Waals surface area contributed by atoms with Crippen molar-refractivity contribution in [2.75, 3.05) is 5.32 Å². The highest BCUT2D eigenvalue weighted by Gasteiger charge is 2.25. The molecule has 0 aliphatic carbocycles. The molecule has 0 fully saturated rings. The van der Waals surface area contributed by atoms with Gasteiger partial charge in [0.05, 0.1) is 29.1 Å². The van der Waals surface area contributed by atoms with Gasteiger partial charge in [-0.05, 0) is 42.5 Å². The molecule has 34 heavy (non-hydrogen) atoms. The third-order valence-electron chi connectivity index (χ3n) is 5.33. The zero-order valence-electron chi connectivity index (χ0n) is 17.4. The second-order valence-electron chi connectivity index (χ2n) is 7.53. The number of fused-ring (bicyclic) bond motifs is 3. The van der Waals surface area contributed by atoms with Crippen molar-refractivity contribution in [3.63, 3.8) is 0 Å². The summed E-state index contributed by atoms with van der Waals surface area (Å²) in [7, 11) is 0. The maximum absolute atomic E-state index is 14.7. The van der Waals surface area contributed by atoms with Crippen LogP contribution in [0.4, 0.5) is 20.4 Å². The Kier molecular flexibility index (Phi) is 5.51. The van der Waals surface area contributed by atoms with Crippen LogP contribution in [-0.4, -0.2) is 26.8 Å². The number of rotatable bonds is 4. The molecule has 0 bridgehead atoms. The van der Waals surface area contributed by atoms with Crippen LogP contribution in [0.2, 0.25) is 5.02 Å². The molecule has 168 valence electrons.